The maximum atomic E-state index is 12.4. The van der Waals surface area contributed by atoms with E-state index in [9.17, 15) is 13.2 Å². The van der Waals surface area contributed by atoms with Crippen LogP contribution in [0.15, 0.2) is 29.5 Å². The van der Waals surface area contributed by atoms with E-state index in [0.29, 0.717) is 38.1 Å². The molecule has 1 fully saturated rings. The molecule has 1 saturated heterocycles. The van der Waals surface area contributed by atoms with Gasteiger partial charge in [0, 0.05) is 19.8 Å². The summed E-state index contributed by atoms with van der Waals surface area (Å²) >= 11 is 0. The molecule has 0 saturated carbocycles. The van der Waals surface area contributed by atoms with Crippen molar-refractivity contribution in [2.75, 3.05) is 46.4 Å². The van der Waals surface area contributed by atoms with Gasteiger partial charge in [0.15, 0.2) is 5.96 Å². The van der Waals surface area contributed by atoms with E-state index in [0.717, 1.165) is 31.6 Å². The van der Waals surface area contributed by atoms with E-state index < -0.39 is 12.7 Å². The smallest absolute Gasteiger partial charge is 0.401 e. The number of guanidine groups is 1. The van der Waals surface area contributed by atoms with Crippen molar-refractivity contribution in [1.29, 1.82) is 0 Å². The summed E-state index contributed by atoms with van der Waals surface area (Å²) in [5, 5.41) is 6.41. The molecule has 6 nitrogen and oxygen atoms in total. The van der Waals surface area contributed by atoms with Gasteiger partial charge >= 0.3 is 6.18 Å². The van der Waals surface area contributed by atoms with Gasteiger partial charge in [-0.25, -0.2) is 0 Å². The Hall–Kier alpha value is -1.30. The summed E-state index contributed by atoms with van der Waals surface area (Å²) in [6.45, 7) is 2.07. The minimum Gasteiger partial charge on any atom is -0.490 e. The monoisotopic (exact) mass is 515 g/mol. The Balaban J connectivity index is 0.00000392. The normalized spacial score (nSPS) is 16.4. The van der Waals surface area contributed by atoms with Crippen LogP contribution in [0.25, 0.3) is 0 Å². The number of alkyl halides is 3. The third kappa shape index (κ3) is 10.3. The lowest BCUT2D eigenvalue weighted by molar-refractivity contribution is -0.148. The van der Waals surface area contributed by atoms with E-state index in [4.69, 9.17) is 4.74 Å². The van der Waals surface area contributed by atoms with Crippen LogP contribution < -0.4 is 15.4 Å². The zero-order valence-electron chi connectivity index (χ0n) is 16.0. The number of rotatable bonds is 8. The topological polar surface area (TPSA) is 61.8 Å². The highest BCUT2D eigenvalue weighted by molar-refractivity contribution is 14.0. The molecule has 0 unspecified atom stereocenters. The quantitative estimate of drug-likeness (QED) is 0.242. The predicted molar refractivity (Wildman–Crippen MR) is 114 cm³/mol. The summed E-state index contributed by atoms with van der Waals surface area (Å²) in [6.07, 6.45) is 1.79. The minimum absolute atomic E-state index is 0. The number of nitrogens with one attached hydrogen (secondary N) is 2. The van der Waals surface area contributed by atoms with Crippen molar-refractivity contribution >= 4 is 29.9 Å². The van der Waals surface area contributed by atoms with Crippen molar-refractivity contribution in [1.82, 2.24) is 20.5 Å². The number of ether oxygens (including phenoxy) is 1. The van der Waals surface area contributed by atoms with Crippen molar-refractivity contribution in [3.8, 4) is 5.75 Å². The third-order valence-electron chi connectivity index (χ3n) is 4.48. The number of hydrogen-bond acceptors (Lipinski definition) is 4. The molecule has 0 aromatic carbocycles. The fourth-order valence-electron chi connectivity index (χ4n) is 3.07. The molecule has 0 spiro atoms. The Bertz CT molecular complexity index is 566. The molecule has 0 radical (unpaired) electrons. The van der Waals surface area contributed by atoms with Crippen LogP contribution in [0.3, 0.4) is 0 Å². The van der Waals surface area contributed by atoms with Gasteiger partial charge < -0.3 is 15.4 Å². The number of hydrogen-bond donors (Lipinski definition) is 2. The van der Waals surface area contributed by atoms with Gasteiger partial charge in [0.2, 0.25) is 0 Å². The van der Waals surface area contributed by atoms with Gasteiger partial charge in [-0.05, 0) is 50.4 Å². The average Bonchev–Trinajstić information content (AvgIpc) is 2.64. The minimum atomic E-state index is -4.10. The SMILES string of the molecule is CN=C(NCCOc1cccnc1)NCCC1CCN(CC(F)(F)F)CC1.I. The van der Waals surface area contributed by atoms with Gasteiger partial charge in [-0.2, -0.15) is 13.2 Å². The highest BCUT2D eigenvalue weighted by Crippen LogP contribution is 2.23. The van der Waals surface area contributed by atoms with Crippen molar-refractivity contribution in [2.24, 2.45) is 10.9 Å². The van der Waals surface area contributed by atoms with Crippen LogP contribution in [-0.2, 0) is 0 Å². The molecular formula is C18H29F3IN5O. The Morgan fingerprint density at radius 2 is 2.00 bits per heavy atom. The molecule has 0 bridgehead atoms. The number of halogens is 4. The number of piperidine rings is 1. The molecule has 0 atom stereocenters. The van der Waals surface area contributed by atoms with E-state index in [2.05, 4.69) is 20.6 Å². The Kier molecular flexibility index (Phi) is 11.5. The number of likely N-dealkylation sites (tertiary alicyclic amines) is 1. The summed E-state index contributed by atoms with van der Waals surface area (Å²) in [7, 11) is 1.70. The molecule has 2 rings (SSSR count). The molecule has 160 valence electrons. The fourth-order valence-corrected chi connectivity index (χ4v) is 3.07. The highest BCUT2D eigenvalue weighted by Gasteiger charge is 2.32. The van der Waals surface area contributed by atoms with E-state index >= 15 is 0 Å². The lowest BCUT2D eigenvalue weighted by Crippen LogP contribution is -2.42. The fraction of sp³-hybridized carbons (Fsp3) is 0.667. The molecule has 1 aliphatic rings. The van der Waals surface area contributed by atoms with Crippen LogP contribution in [-0.4, -0.2) is 68.4 Å². The maximum Gasteiger partial charge on any atom is 0.401 e. The number of aromatic nitrogens is 1. The lowest BCUT2D eigenvalue weighted by atomic mass is 9.93. The predicted octanol–water partition coefficient (Wildman–Crippen LogP) is 2.91. The van der Waals surface area contributed by atoms with Crippen LogP contribution >= 0.6 is 24.0 Å². The van der Waals surface area contributed by atoms with Gasteiger partial charge in [-0.15, -0.1) is 24.0 Å². The number of nitrogens with zero attached hydrogens (tertiary/aromatic N) is 3. The molecule has 0 aliphatic carbocycles. The first-order valence-corrected chi connectivity index (χ1v) is 9.23. The van der Waals surface area contributed by atoms with Crippen LogP contribution in [0.5, 0.6) is 5.75 Å². The van der Waals surface area contributed by atoms with E-state index in [-0.39, 0.29) is 24.0 Å². The average molecular weight is 515 g/mol. The molecule has 0 amide bonds. The van der Waals surface area contributed by atoms with Crippen LogP contribution in [0.2, 0.25) is 0 Å². The van der Waals surface area contributed by atoms with Crippen LogP contribution in [0, 0.1) is 5.92 Å². The molecule has 1 aliphatic heterocycles. The van der Waals surface area contributed by atoms with Gasteiger partial charge in [0.1, 0.15) is 12.4 Å². The highest BCUT2D eigenvalue weighted by atomic mass is 127. The zero-order valence-corrected chi connectivity index (χ0v) is 18.4. The van der Waals surface area contributed by atoms with Gasteiger partial charge in [0.05, 0.1) is 19.3 Å². The van der Waals surface area contributed by atoms with Crippen molar-refractivity contribution in [3.05, 3.63) is 24.5 Å². The Morgan fingerprint density at radius 1 is 1.29 bits per heavy atom. The van der Waals surface area contributed by atoms with E-state index in [1.165, 1.54) is 4.90 Å². The van der Waals surface area contributed by atoms with Gasteiger partial charge in [0.25, 0.3) is 0 Å². The number of aliphatic imine (C=N–C) groups is 1. The summed E-state index contributed by atoms with van der Waals surface area (Å²) < 4.78 is 42.8. The van der Waals surface area contributed by atoms with Crippen LogP contribution in [0.4, 0.5) is 13.2 Å². The summed E-state index contributed by atoms with van der Waals surface area (Å²) in [4.78, 5) is 9.64. The third-order valence-corrected chi connectivity index (χ3v) is 4.48. The first kappa shape index (κ1) is 24.7. The molecule has 10 heteroatoms. The van der Waals surface area contributed by atoms with Crippen molar-refractivity contribution in [2.45, 2.75) is 25.4 Å². The standard InChI is InChI=1S/C18H28F3N5O.HI/c1-22-17(25-9-12-27-16-3-2-7-23-13-16)24-8-4-15-5-10-26(11-6-15)14-18(19,20)21;/h2-3,7,13,15H,4-6,8-12,14H2,1H3,(H2,22,24,25);1H. The van der Waals surface area contributed by atoms with Crippen molar-refractivity contribution < 1.29 is 17.9 Å². The molecule has 28 heavy (non-hydrogen) atoms. The molecular weight excluding hydrogens is 486 g/mol. The second-order valence-corrected chi connectivity index (χ2v) is 6.59. The first-order valence-electron chi connectivity index (χ1n) is 9.23. The summed E-state index contributed by atoms with van der Waals surface area (Å²) in [6, 6.07) is 3.66. The summed E-state index contributed by atoms with van der Waals surface area (Å²) in [5.74, 6) is 1.87. The second kappa shape index (κ2) is 13.0. The van der Waals surface area contributed by atoms with E-state index in [1.807, 2.05) is 12.1 Å². The number of pyridine rings is 1. The maximum absolute atomic E-state index is 12.4. The second-order valence-electron chi connectivity index (χ2n) is 6.59. The zero-order chi connectivity index (χ0) is 19.5. The van der Waals surface area contributed by atoms with Crippen molar-refractivity contribution in [3.63, 3.8) is 0 Å². The molecule has 2 heterocycles. The Morgan fingerprint density at radius 3 is 2.61 bits per heavy atom. The van der Waals surface area contributed by atoms with Crippen LogP contribution in [0.1, 0.15) is 19.3 Å². The molecule has 1 aromatic heterocycles. The first-order chi connectivity index (χ1) is 13.0. The van der Waals surface area contributed by atoms with Gasteiger partial charge in [-0.3, -0.25) is 14.9 Å². The van der Waals surface area contributed by atoms with E-state index in [1.54, 1.807) is 19.4 Å². The van der Waals surface area contributed by atoms with Gasteiger partial charge in [-0.1, -0.05) is 0 Å². The summed E-state index contributed by atoms with van der Waals surface area (Å²) in [5.41, 5.74) is 0. The Labute approximate surface area is 181 Å². The lowest BCUT2D eigenvalue weighted by Gasteiger charge is -2.32. The molecule has 2 N–H and O–H groups in total. The largest absolute Gasteiger partial charge is 0.490 e. The molecule has 1 aromatic rings.